The van der Waals surface area contributed by atoms with Gasteiger partial charge in [-0.25, -0.2) is 0 Å². The van der Waals surface area contributed by atoms with Gasteiger partial charge in [0.1, 0.15) is 12.4 Å². The fraction of sp³-hybridized carbons (Fsp3) is 0.273. The van der Waals surface area contributed by atoms with E-state index in [1.54, 1.807) is 37.5 Å². The van der Waals surface area contributed by atoms with Crippen molar-refractivity contribution in [1.29, 1.82) is 0 Å². The maximum Gasteiger partial charge on any atom is 0.251 e. The van der Waals surface area contributed by atoms with Gasteiger partial charge in [0.05, 0.1) is 6.54 Å². The Hall–Kier alpha value is -3.32. The second kappa shape index (κ2) is 12.2. The van der Waals surface area contributed by atoms with Crippen LogP contribution in [0.15, 0.2) is 61.2 Å². The van der Waals surface area contributed by atoms with E-state index in [4.69, 9.17) is 9.47 Å². The van der Waals surface area contributed by atoms with Gasteiger partial charge in [0.15, 0.2) is 0 Å². The zero-order chi connectivity index (χ0) is 20.9. The summed E-state index contributed by atoms with van der Waals surface area (Å²) in [6.45, 7) is 5.27. The molecular formula is C22H27N3O4. The molecule has 2 amide bonds. The Balaban J connectivity index is 1.81. The number of benzene rings is 2. The van der Waals surface area contributed by atoms with E-state index in [1.807, 2.05) is 24.3 Å². The lowest BCUT2D eigenvalue weighted by atomic mass is 10.2. The molecule has 7 nitrogen and oxygen atoms in total. The molecule has 0 radical (unpaired) electrons. The minimum Gasteiger partial charge on any atom is -0.490 e. The summed E-state index contributed by atoms with van der Waals surface area (Å²) in [5.41, 5.74) is 1.85. The molecule has 0 aliphatic heterocycles. The maximum absolute atomic E-state index is 12.2. The van der Waals surface area contributed by atoms with Crippen LogP contribution in [0.4, 0.5) is 11.4 Å². The second-order valence-corrected chi connectivity index (χ2v) is 6.21. The number of ether oxygens (including phenoxy) is 2. The Morgan fingerprint density at radius 2 is 1.90 bits per heavy atom. The summed E-state index contributed by atoms with van der Waals surface area (Å²) >= 11 is 0. The molecule has 0 heterocycles. The minimum atomic E-state index is -0.213. The van der Waals surface area contributed by atoms with Crippen molar-refractivity contribution in [3.8, 4) is 5.75 Å². The van der Waals surface area contributed by atoms with Crippen molar-refractivity contribution in [2.45, 2.75) is 6.42 Å². The van der Waals surface area contributed by atoms with Crippen LogP contribution in [0, 0.1) is 0 Å². The molecule has 0 saturated heterocycles. The summed E-state index contributed by atoms with van der Waals surface area (Å²) in [4.78, 5) is 24.4. The summed E-state index contributed by atoms with van der Waals surface area (Å²) in [7, 11) is 1.62. The second-order valence-electron chi connectivity index (χ2n) is 6.21. The maximum atomic E-state index is 12.2. The quantitative estimate of drug-likeness (QED) is 0.378. The lowest BCUT2D eigenvalue weighted by Crippen LogP contribution is -2.25. The van der Waals surface area contributed by atoms with Crippen LogP contribution in [-0.2, 0) is 9.53 Å². The Morgan fingerprint density at radius 3 is 2.62 bits per heavy atom. The molecule has 7 heteroatoms. The predicted molar refractivity (Wildman–Crippen MR) is 115 cm³/mol. The van der Waals surface area contributed by atoms with Crippen molar-refractivity contribution in [2.75, 3.05) is 44.0 Å². The van der Waals surface area contributed by atoms with E-state index < -0.39 is 0 Å². The molecule has 0 aliphatic rings. The monoisotopic (exact) mass is 397 g/mol. The predicted octanol–water partition coefficient (Wildman–Crippen LogP) is 3.07. The Bertz CT molecular complexity index is 806. The van der Waals surface area contributed by atoms with Gasteiger partial charge in [-0.05, 0) is 48.9 Å². The molecule has 0 fully saturated rings. The van der Waals surface area contributed by atoms with Gasteiger partial charge in [0.25, 0.3) is 5.91 Å². The van der Waals surface area contributed by atoms with Gasteiger partial charge in [0, 0.05) is 37.2 Å². The first kappa shape index (κ1) is 22.0. The number of hydrogen-bond donors (Lipinski definition) is 3. The van der Waals surface area contributed by atoms with Crippen molar-refractivity contribution >= 4 is 23.2 Å². The van der Waals surface area contributed by atoms with Gasteiger partial charge in [-0.1, -0.05) is 18.7 Å². The zero-order valence-electron chi connectivity index (χ0n) is 16.6. The third-order valence-corrected chi connectivity index (χ3v) is 3.89. The molecule has 29 heavy (non-hydrogen) atoms. The number of hydrogen-bond acceptors (Lipinski definition) is 5. The SMILES string of the molecule is C=CCOc1ccc(NCC(=O)Nc2cccc(C(=O)NCCCOC)c2)cc1. The molecule has 2 aromatic carbocycles. The molecule has 0 saturated carbocycles. The third kappa shape index (κ3) is 8.06. The molecule has 0 unspecified atom stereocenters. The lowest BCUT2D eigenvalue weighted by molar-refractivity contribution is -0.114. The van der Waals surface area contributed by atoms with Crippen LogP contribution in [0.2, 0.25) is 0 Å². The highest BCUT2D eigenvalue weighted by atomic mass is 16.5. The first-order valence-electron chi connectivity index (χ1n) is 9.37. The number of nitrogens with one attached hydrogen (secondary N) is 3. The van der Waals surface area contributed by atoms with Crippen molar-refractivity contribution in [3.63, 3.8) is 0 Å². The number of amides is 2. The van der Waals surface area contributed by atoms with E-state index in [0.29, 0.717) is 31.0 Å². The first-order valence-corrected chi connectivity index (χ1v) is 9.37. The van der Waals surface area contributed by atoms with Gasteiger partial charge < -0.3 is 25.4 Å². The summed E-state index contributed by atoms with van der Waals surface area (Å²) in [5, 5.41) is 8.65. The highest BCUT2D eigenvalue weighted by molar-refractivity contribution is 5.98. The topological polar surface area (TPSA) is 88.7 Å². The molecular weight excluding hydrogens is 370 g/mol. The summed E-state index contributed by atoms with van der Waals surface area (Å²) < 4.78 is 10.4. The number of carbonyl (C=O) groups is 2. The number of methoxy groups -OCH3 is 1. The summed E-state index contributed by atoms with van der Waals surface area (Å²) in [6.07, 6.45) is 2.42. The standard InChI is InChI=1S/C22H27N3O4/c1-3-13-29-20-10-8-18(9-11-20)24-16-21(26)25-19-7-4-6-17(15-19)22(27)23-12-5-14-28-2/h3-4,6-11,15,24H,1,5,12-14,16H2,2H3,(H,23,27)(H,25,26). The van der Waals surface area contributed by atoms with Crippen molar-refractivity contribution in [1.82, 2.24) is 5.32 Å². The number of anilines is 2. The van der Waals surface area contributed by atoms with Crippen LogP contribution in [-0.4, -0.2) is 45.2 Å². The number of rotatable bonds is 12. The fourth-order valence-corrected chi connectivity index (χ4v) is 2.47. The molecule has 0 atom stereocenters. The van der Waals surface area contributed by atoms with Crippen LogP contribution >= 0.6 is 0 Å². The number of carbonyl (C=O) groups excluding carboxylic acids is 2. The van der Waals surface area contributed by atoms with E-state index in [1.165, 1.54) is 0 Å². The van der Waals surface area contributed by atoms with Crippen LogP contribution in [0.25, 0.3) is 0 Å². The van der Waals surface area contributed by atoms with E-state index in [0.717, 1.165) is 17.9 Å². The van der Waals surface area contributed by atoms with E-state index in [9.17, 15) is 9.59 Å². The van der Waals surface area contributed by atoms with Gasteiger partial charge in [-0.3, -0.25) is 9.59 Å². The van der Waals surface area contributed by atoms with Crippen LogP contribution < -0.4 is 20.7 Å². The fourth-order valence-electron chi connectivity index (χ4n) is 2.47. The smallest absolute Gasteiger partial charge is 0.251 e. The first-order chi connectivity index (χ1) is 14.1. The molecule has 0 aliphatic carbocycles. The molecule has 154 valence electrons. The van der Waals surface area contributed by atoms with Gasteiger partial charge in [-0.2, -0.15) is 0 Å². The molecule has 0 bridgehead atoms. The van der Waals surface area contributed by atoms with Crippen LogP contribution in [0.5, 0.6) is 5.75 Å². The van der Waals surface area contributed by atoms with Gasteiger partial charge in [-0.15, -0.1) is 0 Å². The molecule has 0 aromatic heterocycles. The van der Waals surface area contributed by atoms with E-state index in [2.05, 4.69) is 22.5 Å². The average molecular weight is 397 g/mol. The normalized spacial score (nSPS) is 10.1. The summed E-state index contributed by atoms with van der Waals surface area (Å²) in [6, 6.07) is 14.1. The molecule has 3 N–H and O–H groups in total. The van der Waals surface area contributed by atoms with Crippen LogP contribution in [0.3, 0.4) is 0 Å². The molecule has 2 aromatic rings. The van der Waals surface area contributed by atoms with Crippen molar-refractivity contribution in [2.24, 2.45) is 0 Å². The Labute approximate surface area is 171 Å². The minimum absolute atomic E-state index is 0.0975. The van der Waals surface area contributed by atoms with Gasteiger partial charge >= 0.3 is 0 Å². The molecule has 2 rings (SSSR count). The largest absolute Gasteiger partial charge is 0.490 e. The van der Waals surface area contributed by atoms with Crippen molar-refractivity contribution < 1.29 is 19.1 Å². The van der Waals surface area contributed by atoms with Crippen molar-refractivity contribution in [3.05, 3.63) is 66.7 Å². The Kier molecular flexibility index (Phi) is 9.24. The molecule has 0 spiro atoms. The van der Waals surface area contributed by atoms with E-state index in [-0.39, 0.29) is 18.4 Å². The summed E-state index contributed by atoms with van der Waals surface area (Å²) in [5.74, 6) is 0.334. The Morgan fingerprint density at radius 1 is 1.10 bits per heavy atom. The highest BCUT2D eigenvalue weighted by Gasteiger charge is 2.08. The van der Waals surface area contributed by atoms with Crippen LogP contribution in [0.1, 0.15) is 16.8 Å². The van der Waals surface area contributed by atoms with E-state index >= 15 is 0 Å². The zero-order valence-corrected chi connectivity index (χ0v) is 16.6. The average Bonchev–Trinajstić information content (AvgIpc) is 2.74. The highest BCUT2D eigenvalue weighted by Crippen LogP contribution is 2.16. The third-order valence-electron chi connectivity index (χ3n) is 3.89. The lowest BCUT2D eigenvalue weighted by Gasteiger charge is -2.10. The van der Waals surface area contributed by atoms with Gasteiger partial charge in [0.2, 0.25) is 5.91 Å².